The minimum atomic E-state index is 0.325. The molecule has 0 saturated carbocycles. The van der Waals surface area contributed by atoms with Crippen LogP contribution in [0.4, 0.5) is 0 Å². The van der Waals surface area contributed by atoms with Crippen LogP contribution in [0.2, 0.25) is 0 Å². The van der Waals surface area contributed by atoms with E-state index in [1.807, 2.05) is 6.92 Å². The summed E-state index contributed by atoms with van der Waals surface area (Å²) in [6, 6.07) is 6.38. The number of alkyl halides is 1. The van der Waals surface area contributed by atoms with Crippen LogP contribution in [0.3, 0.4) is 0 Å². The highest BCUT2D eigenvalue weighted by Gasteiger charge is 2.27. The first kappa shape index (κ1) is 12.9. The Labute approximate surface area is 111 Å². The fourth-order valence-electron chi connectivity index (χ4n) is 2.21. The largest absolute Gasteiger partial charge is 0.494 e. The van der Waals surface area contributed by atoms with Crippen molar-refractivity contribution in [1.29, 1.82) is 0 Å². The third-order valence-corrected chi connectivity index (χ3v) is 4.38. The smallest absolute Gasteiger partial charge is 0.123 e. The molecule has 2 rings (SSSR count). The number of benzene rings is 1. The molecule has 1 fully saturated rings. The Balaban J connectivity index is 2.24. The third kappa shape index (κ3) is 3.02. The molecule has 1 aromatic rings. The minimum absolute atomic E-state index is 0.325. The van der Waals surface area contributed by atoms with Gasteiger partial charge in [-0.25, -0.2) is 0 Å². The monoisotopic (exact) mass is 298 g/mol. The van der Waals surface area contributed by atoms with E-state index in [1.54, 1.807) is 0 Å². The molecule has 0 amide bonds. The maximum absolute atomic E-state index is 5.70. The van der Waals surface area contributed by atoms with Crippen molar-refractivity contribution in [2.24, 2.45) is 5.92 Å². The lowest BCUT2D eigenvalue weighted by Gasteiger charge is -2.20. The van der Waals surface area contributed by atoms with Crippen molar-refractivity contribution < 1.29 is 9.47 Å². The molecule has 0 spiro atoms. The number of halogens is 1. The molecule has 3 heteroatoms. The topological polar surface area (TPSA) is 18.5 Å². The minimum Gasteiger partial charge on any atom is -0.494 e. The maximum Gasteiger partial charge on any atom is 0.123 e. The lowest BCUT2D eigenvalue weighted by atomic mass is 9.96. The van der Waals surface area contributed by atoms with Gasteiger partial charge in [0.2, 0.25) is 0 Å². The van der Waals surface area contributed by atoms with Gasteiger partial charge < -0.3 is 9.47 Å². The molecule has 0 radical (unpaired) electrons. The summed E-state index contributed by atoms with van der Waals surface area (Å²) in [5, 5.41) is 0. The molecule has 1 heterocycles. The fraction of sp³-hybridized carbons (Fsp3) is 0.571. The van der Waals surface area contributed by atoms with Crippen molar-refractivity contribution in [3.05, 3.63) is 29.3 Å². The van der Waals surface area contributed by atoms with Gasteiger partial charge in [-0.15, -0.1) is 0 Å². The second-order valence-corrected chi connectivity index (χ2v) is 5.49. The summed E-state index contributed by atoms with van der Waals surface area (Å²) in [4.78, 5) is 0.325. The van der Waals surface area contributed by atoms with Crippen LogP contribution in [-0.4, -0.2) is 19.8 Å². The molecule has 17 heavy (non-hydrogen) atoms. The molecule has 1 aromatic carbocycles. The lowest BCUT2D eigenvalue weighted by molar-refractivity contribution is 0.185. The predicted molar refractivity (Wildman–Crippen MR) is 72.9 cm³/mol. The van der Waals surface area contributed by atoms with E-state index in [0.29, 0.717) is 17.4 Å². The summed E-state index contributed by atoms with van der Waals surface area (Å²) in [5.41, 5.74) is 2.52. The normalized spacial score (nSPS) is 21.5. The van der Waals surface area contributed by atoms with Gasteiger partial charge in [0.05, 0.1) is 13.2 Å². The molecule has 1 aliphatic heterocycles. The van der Waals surface area contributed by atoms with Crippen LogP contribution in [0.5, 0.6) is 5.75 Å². The van der Waals surface area contributed by atoms with E-state index in [4.69, 9.17) is 9.47 Å². The first-order valence-electron chi connectivity index (χ1n) is 6.17. The Hall–Kier alpha value is -0.540. The summed E-state index contributed by atoms with van der Waals surface area (Å²) < 4.78 is 11.2. The van der Waals surface area contributed by atoms with Crippen LogP contribution < -0.4 is 4.74 Å². The zero-order valence-electron chi connectivity index (χ0n) is 10.4. The summed E-state index contributed by atoms with van der Waals surface area (Å²) in [6.07, 6.45) is 1.12. The van der Waals surface area contributed by atoms with Crippen molar-refractivity contribution >= 4 is 15.9 Å². The van der Waals surface area contributed by atoms with Crippen LogP contribution >= 0.6 is 15.9 Å². The number of ether oxygens (including phenoxy) is 2. The van der Waals surface area contributed by atoms with Crippen LogP contribution in [0, 0.1) is 12.8 Å². The average molecular weight is 299 g/mol. The molecule has 2 unspecified atom stereocenters. The second-order valence-electron chi connectivity index (χ2n) is 4.50. The molecular formula is C14H19BrO2. The zero-order chi connectivity index (χ0) is 12.3. The highest BCUT2D eigenvalue weighted by Crippen LogP contribution is 2.40. The van der Waals surface area contributed by atoms with Crippen LogP contribution in [-0.2, 0) is 4.74 Å². The summed E-state index contributed by atoms with van der Waals surface area (Å²) in [7, 11) is 0. The number of hydrogen-bond donors (Lipinski definition) is 0. The van der Waals surface area contributed by atoms with Gasteiger partial charge >= 0.3 is 0 Å². The van der Waals surface area contributed by atoms with E-state index < -0.39 is 0 Å². The van der Waals surface area contributed by atoms with Gasteiger partial charge in [0.15, 0.2) is 0 Å². The molecule has 0 bridgehead atoms. The first-order valence-corrected chi connectivity index (χ1v) is 7.09. The Morgan fingerprint density at radius 2 is 2.35 bits per heavy atom. The SMILES string of the molecule is CCOc1ccc(C)cc1C(Br)C1CCOC1. The molecule has 0 aromatic heterocycles. The zero-order valence-corrected chi connectivity index (χ0v) is 12.0. The summed E-state index contributed by atoms with van der Waals surface area (Å²) >= 11 is 3.81. The Bertz CT molecular complexity index is 372. The first-order chi connectivity index (χ1) is 8.22. The van der Waals surface area contributed by atoms with Gasteiger partial charge in [-0.3, -0.25) is 0 Å². The third-order valence-electron chi connectivity index (χ3n) is 3.14. The Kier molecular flexibility index (Phi) is 4.46. The fourth-order valence-corrected chi connectivity index (χ4v) is 2.98. The van der Waals surface area contributed by atoms with Crippen molar-refractivity contribution in [3.63, 3.8) is 0 Å². The van der Waals surface area contributed by atoms with Gasteiger partial charge in [0.1, 0.15) is 5.75 Å². The van der Waals surface area contributed by atoms with Crippen LogP contribution in [0.15, 0.2) is 18.2 Å². The van der Waals surface area contributed by atoms with E-state index in [0.717, 1.165) is 25.4 Å². The van der Waals surface area contributed by atoms with Crippen molar-refractivity contribution in [2.75, 3.05) is 19.8 Å². The van der Waals surface area contributed by atoms with Gasteiger partial charge in [-0.05, 0) is 26.3 Å². The van der Waals surface area contributed by atoms with Crippen molar-refractivity contribution in [2.45, 2.75) is 25.1 Å². The van der Waals surface area contributed by atoms with Crippen LogP contribution in [0.1, 0.15) is 29.3 Å². The van der Waals surface area contributed by atoms with E-state index in [2.05, 4.69) is 41.1 Å². The van der Waals surface area contributed by atoms with E-state index in [1.165, 1.54) is 11.1 Å². The lowest BCUT2D eigenvalue weighted by Crippen LogP contribution is -2.09. The molecule has 1 saturated heterocycles. The molecule has 0 aliphatic carbocycles. The number of hydrogen-bond acceptors (Lipinski definition) is 2. The quantitative estimate of drug-likeness (QED) is 0.786. The van der Waals surface area contributed by atoms with E-state index in [-0.39, 0.29) is 0 Å². The maximum atomic E-state index is 5.70. The highest BCUT2D eigenvalue weighted by atomic mass is 79.9. The average Bonchev–Trinajstić information content (AvgIpc) is 2.84. The van der Waals surface area contributed by atoms with E-state index in [9.17, 15) is 0 Å². The number of aryl methyl sites for hydroxylation is 1. The van der Waals surface area contributed by atoms with Crippen molar-refractivity contribution in [3.8, 4) is 5.75 Å². The summed E-state index contributed by atoms with van der Waals surface area (Å²) in [6.45, 7) is 6.56. The van der Waals surface area contributed by atoms with Crippen LogP contribution in [0.25, 0.3) is 0 Å². The van der Waals surface area contributed by atoms with Gasteiger partial charge in [-0.2, -0.15) is 0 Å². The van der Waals surface area contributed by atoms with Crippen molar-refractivity contribution in [1.82, 2.24) is 0 Å². The number of rotatable bonds is 4. The standard InChI is InChI=1S/C14H19BrO2/c1-3-17-13-5-4-10(2)8-12(13)14(15)11-6-7-16-9-11/h4-5,8,11,14H,3,6-7,9H2,1-2H3. The molecule has 2 atom stereocenters. The second kappa shape index (κ2) is 5.87. The molecule has 94 valence electrons. The molecule has 2 nitrogen and oxygen atoms in total. The van der Waals surface area contributed by atoms with Gasteiger partial charge in [0, 0.05) is 22.9 Å². The van der Waals surface area contributed by atoms with Gasteiger partial charge in [-0.1, -0.05) is 33.6 Å². The Morgan fingerprint density at radius 1 is 1.53 bits per heavy atom. The van der Waals surface area contributed by atoms with E-state index >= 15 is 0 Å². The predicted octanol–water partition coefficient (Wildman–Crippen LogP) is 3.87. The highest BCUT2D eigenvalue weighted by molar-refractivity contribution is 9.09. The molecular weight excluding hydrogens is 280 g/mol. The molecule has 0 N–H and O–H groups in total. The Morgan fingerprint density at radius 3 is 3.00 bits per heavy atom. The molecule has 1 aliphatic rings. The summed E-state index contributed by atoms with van der Waals surface area (Å²) in [5.74, 6) is 1.54. The van der Waals surface area contributed by atoms with Gasteiger partial charge in [0.25, 0.3) is 0 Å².